The summed E-state index contributed by atoms with van der Waals surface area (Å²) >= 11 is 0. The van der Waals surface area contributed by atoms with Gasteiger partial charge in [0.15, 0.2) is 0 Å². The van der Waals surface area contributed by atoms with Crippen LogP contribution < -0.4 is 10.6 Å². The van der Waals surface area contributed by atoms with Crippen molar-refractivity contribution in [1.29, 1.82) is 0 Å². The van der Waals surface area contributed by atoms with Gasteiger partial charge in [-0.15, -0.1) is 0 Å². The van der Waals surface area contributed by atoms with Crippen LogP contribution in [-0.4, -0.2) is 24.0 Å². The Morgan fingerprint density at radius 1 is 1.24 bits per heavy atom. The van der Waals surface area contributed by atoms with E-state index in [1.54, 1.807) is 24.3 Å². The van der Waals surface area contributed by atoms with Crippen molar-refractivity contribution in [3.63, 3.8) is 0 Å². The number of amides is 1. The van der Waals surface area contributed by atoms with E-state index in [0.29, 0.717) is 23.0 Å². The molecular weight excluding hydrogens is 267 g/mol. The topological polar surface area (TPSA) is 41.1 Å². The van der Waals surface area contributed by atoms with Crippen LogP contribution in [0.1, 0.15) is 29.6 Å². The summed E-state index contributed by atoms with van der Waals surface area (Å²) in [6, 6.07) is 11.3. The summed E-state index contributed by atoms with van der Waals surface area (Å²) in [5.41, 5.74) is 0.593. The van der Waals surface area contributed by atoms with Gasteiger partial charge in [-0.05, 0) is 42.8 Å². The van der Waals surface area contributed by atoms with Gasteiger partial charge in [-0.3, -0.25) is 4.79 Å². The van der Waals surface area contributed by atoms with Gasteiger partial charge in [0.05, 0.1) is 0 Å². The first-order valence-corrected chi connectivity index (χ1v) is 7.46. The van der Waals surface area contributed by atoms with E-state index >= 15 is 0 Å². The molecule has 2 heterocycles. The highest BCUT2D eigenvalue weighted by Crippen LogP contribution is 2.28. The van der Waals surface area contributed by atoms with E-state index in [4.69, 9.17) is 0 Å². The molecule has 3 unspecified atom stereocenters. The van der Waals surface area contributed by atoms with Crippen LogP contribution in [0.15, 0.2) is 36.4 Å². The van der Waals surface area contributed by atoms with Gasteiger partial charge in [0, 0.05) is 29.1 Å². The number of nitrogens with one attached hydrogen (secondary N) is 2. The highest BCUT2D eigenvalue weighted by molar-refractivity contribution is 5.98. The van der Waals surface area contributed by atoms with Crippen molar-refractivity contribution in [1.82, 2.24) is 10.6 Å². The smallest absolute Gasteiger partial charge is 0.251 e. The number of benzene rings is 2. The molecular formula is C17H17FN2O. The van der Waals surface area contributed by atoms with Crippen molar-refractivity contribution in [2.24, 2.45) is 0 Å². The van der Waals surface area contributed by atoms with E-state index in [0.717, 1.165) is 18.2 Å². The van der Waals surface area contributed by atoms with Crippen LogP contribution in [0.4, 0.5) is 4.39 Å². The van der Waals surface area contributed by atoms with Crippen LogP contribution in [0.2, 0.25) is 0 Å². The molecule has 2 aromatic carbocycles. The summed E-state index contributed by atoms with van der Waals surface area (Å²) in [6.07, 6.45) is 3.36. The zero-order chi connectivity index (χ0) is 14.4. The van der Waals surface area contributed by atoms with E-state index in [1.807, 2.05) is 6.07 Å². The molecule has 2 bridgehead atoms. The Labute approximate surface area is 122 Å². The third-order valence-corrected chi connectivity index (χ3v) is 4.71. The molecule has 4 heteroatoms. The maximum absolute atomic E-state index is 13.6. The molecule has 3 nitrogen and oxygen atoms in total. The Balaban J connectivity index is 1.57. The number of fused-ring (bicyclic) bond motifs is 3. The molecule has 2 aromatic rings. The van der Waals surface area contributed by atoms with Gasteiger partial charge in [0.25, 0.3) is 5.91 Å². The summed E-state index contributed by atoms with van der Waals surface area (Å²) in [5, 5.41) is 7.93. The first-order valence-electron chi connectivity index (χ1n) is 7.46. The van der Waals surface area contributed by atoms with Gasteiger partial charge in [-0.25, -0.2) is 4.39 Å². The van der Waals surface area contributed by atoms with Gasteiger partial charge >= 0.3 is 0 Å². The summed E-state index contributed by atoms with van der Waals surface area (Å²) in [4.78, 5) is 12.4. The van der Waals surface area contributed by atoms with Crippen LogP contribution in [0.25, 0.3) is 10.8 Å². The first kappa shape index (κ1) is 12.8. The van der Waals surface area contributed by atoms with Crippen molar-refractivity contribution in [3.8, 4) is 0 Å². The van der Waals surface area contributed by atoms with Gasteiger partial charge in [0.1, 0.15) is 5.82 Å². The predicted octanol–water partition coefficient (Wildman–Crippen LogP) is 2.60. The van der Waals surface area contributed by atoms with Gasteiger partial charge in [-0.2, -0.15) is 0 Å². The molecule has 2 fully saturated rings. The molecule has 0 radical (unpaired) electrons. The van der Waals surface area contributed by atoms with Crippen molar-refractivity contribution in [2.75, 3.05) is 0 Å². The van der Waals surface area contributed by atoms with E-state index < -0.39 is 0 Å². The summed E-state index contributed by atoms with van der Waals surface area (Å²) in [6.45, 7) is 0. The minimum atomic E-state index is -0.253. The van der Waals surface area contributed by atoms with Crippen molar-refractivity contribution < 1.29 is 9.18 Å². The lowest BCUT2D eigenvalue weighted by Crippen LogP contribution is -2.42. The second-order valence-corrected chi connectivity index (χ2v) is 6.04. The Kier molecular flexibility index (Phi) is 2.93. The molecule has 2 N–H and O–H groups in total. The lowest BCUT2D eigenvalue weighted by molar-refractivity contribution is 0.0931. The Morgan fingerprint density at radius 2 is 2.14 bits per heavy atom. The van der Waals surface area contributed by atoms with Crippen molar-refractivity contribution >= 4 is 16.7 Å². The first-order chi connectivity index (χ1) is 10.2. The van der Waals surface area contributed by atoms with E-state index in [2.05, 4.69) is 10.6 Å². The average Bonchev–Trinajstić information content (AvgIpc) is 3.09. The molecule has 0 aromatic heterocycles. The maximum Gasteiger partial charge on any atom is 0.251 e. The van der Waals surface area contributed by atoms with Crippen LogP contribution in [0, 0.1) is 5.82 Å². The molecule has 2 saturated heterocycles. The Bertz CT molecular complexity index is 715. The zero-order valence-corrected chi connectivity index (χ0v) is 11.6. The number of hydrogen-bond donors (Lipinski definition) is 2. The fourth-order valence-corrected chi connectivity index (χ4v) is 3.62. The van der Waals surface area contributed by atoms with E-state index in [1.165, 1.54) is 12.5 Å². The lowest BCUT2D eigenvalue weighted by atomic mass is 9.95. The summed E-state index contributed by atoms with van der Waals surface area (Å²) in [5.74, 6) is -0.322. The molecule has 4 rings (SSSR count). The zero-order valence-electron chi connectivity index (χ0n) is 11.6. The third-order valence-electron chi connectivity index (χ3n) is 4.71. The van der Waals surface area contributed by atoms with Crippen molar-refractivity contribution in [2.45, 2.75) is 37.4 Å². The molecule has 2 aliphatic heterocycles. The standard InChI is InChI=1S/C17H17FN2O/c18-14-3-1-2-10-8-11(4-6-13(10)14)17(21)20-16-9-12-5-7-15(16)19-12/h1-4,6,8,12,15-16,19H,5,7,9H2,(H,20,21). The quantitative estimate of drug-likeness (QED) is 0.890. The molecule has 21 heavy (non-hydrogen) atoms. The SMILES string of the molecule is O=C(NC1CC2CCC1N2)c1ccc2c(F)cccc2c1. The normalized spacial score (nSPS) is 27.2. The minimum Gasteiger partial charge on any atom is -0.348 e. The number of rotatable bonds is 2. The Hall–Kier alpha value is -1.94. The van der Waals surface area contributed by atoms with E-state index in [-0.39, 0.29) is 17.8 Å². The minimum absolute atomic E-state index is 0.0690. The van der Waals surface area contributed by atoms with Crippen LogP contribution >= 0.6 is 0 Å². The van der Waals surface area contributed by atoms with Gasteiger partial charge in [-0.1, -0.05) is 18.2 Å². The molecule has 0 spiro atoms. The molecule has 0 aliphatic carbocycles. The van der Waals surface area contributed by atoms with Crippen molar-refractivity contribution in [3.05, 3.63) is 47.8 Å². The number of halogens is 1. The van der Waals surface area contributed by atoms with Crippen LogP contribution in [0.5, 0.6) is 0 Å². The Morgan fingerprint density at radius 3 is 2.90 bits per heavy atom. The highest BCUT2D eigenvalue weighted by Gasteiger charge is 2.39. The highest BCUT2D eigenvalue weighted by atomic mass is 19.1. The molecule has 2 aliphatic rings. The number of carbonyl (C=O) groups excluding carboxylic acids is 1. The van der Waals surface area contributed by atoms with Gasteiger partial charge in [0.2, 0.25) is 0 Å². The maximum atomic E-state index is 13.6. The summed E-state index contributed by atoms with van der Waals surface area (Å²) < 4.78 is 13.6. The second-order valence-electron chi connectivity index (χ2n) is 6.04. The summed E-state index contributed by atoms with van der Waals surface area (Å²) in [7, 11) is 0. The van der Waals surface area contributed by atoms with Crippen LogP contribution in [0.3, 0.4) is 0 Å². The second kappa shape index (κ2) is 4.81. The monoisotopic (exact) mass is 284 g/mol. The van der Waals surface area contributed by atoms with Gasteiger partial charge < -0.3 is 10.6 Å². The predicted molar refractivity (Wildman–Crippen MR) is 79.7 cm³/mol. The number of hydrogen-bond acceptors (Lipinski definition) is 2. The molecule has 0 saturated carbocycles. The fourth-order valence-electron chi connectivity index (χ4n) is 3.62. The average molecular weight is 284 g/mol. The largest absolute Gasteiger partial charge is 0.348 e. The molecule has 1 amide bonds. The molecule has 3 atom stereocenters. The van der Waals surface area contributed by atoms with E-state index in [9.17, 15) is 9.18 Å². The van der Waals surface area contributed by atoms with Crippen LogP contribution in [-0.2, 0) is 0 Å². The number of carbonyl (C=O) groups is 1. The third kappa shape index (κ3) is 2.20. The molecule has 108 valence electrons. The lowest BCUT2D eigenvalue weighted by Gasteiger charge is -2.21. The fraction of sp³-hybridized carbons (Fsp3) is 0.353.